The summed E-state index contributed by atoms with van der Waals surface area (Å²) in [5.74, 6) is 2.57. The standard InChI is InChI=1S/C34H34Cl6/c1-5-6-34-31(2)25-7-19(13-35)21(15-37)9-27(25)32(34,3)29-11-23(17-39)24(18-40)12-30(29)33(34,4)28-10-22(16-38)20(14-36)8-26(28)31/h7-12H,5-6,13-18H2,1-4H3. The summed E-state index contributed by atoms with van der Waals surface area (Å²) in [6.45, 7) is 9.74. The molecule has 0 heterocycles. The van der Waals surface area contributed by atoms with Gasteiger partial charge < -0.3 is 0 Å². The van der Waals surface area contributed by atoms with Crippen LogP contribution in [0.15, 0.2) is 36.4 Å². The molecule has 0 N–H and O–H groups in total. The van der Waals surface area contributed by atoms with Crippen molar-refractivity contribution in [3.05, 3.63) is 103 Å². The monoisotopic (exact) mass is 652 g/mol. The lowest BCUT2D eigenvalue weighted by Gasteiger charge is -2.52. The predicted octanol–water partition coefficient (Wildman–Crippen LogP) is 11.2. The van der Waals surface area contributed by atoms with Crippen LogP contribution in [0.3, 0.4) is 0 Å². The average Bonchev–Trinajstić information content (AvgIpc) is 3.35. The van der Waals surface area contributed by atoms with Crippen LogP contribution >= 0.6 is 69.6 Å². The zero-order valence-corrected chi connectivity index (χ0v) is 27.9. The molecule has 0 saturated heterocycles. The summed E-state index contributed by atoms with van der Waals surface area (Å²) in [5.41, 5.74) is 13.7. The highest BCUT2D eigenvalue weighted by atomic mass is 35.5. The summed E-state index contributed by atoms with van der Waals surface area (Å²) in [6, 6.07) is 14.2. The molecule has 212 valence electrons. The van der Waals surface area contributed by atoms with Gasteiger partial charge in [-0.15, -0.1) is 69.6 Å². The van der Waals surface area contributed by atoms with Gasteiger partial charge in [0.1, 0.15) is 0 Å². The summed E-state index contributed by atoms with van der Waals surface area (Å²) >= 11 is 39.4. The maximum Gasteiger partial charge on any atom is 0.0477 e. The van der Waals surface area contributed by atoms with Crippen molar-refractivity contribution in [2.75, 3.05) is 0 Å². The van der Waals surface area contributed by atoms with E-state index in [2.05, 4.69) is 64.1 Å². The van der Waals surface area contributed by atoms with E-state index in [1.165, 1.54) is 33.4 Å². The summed E-state index contributed by atoms with van der Waals surface area (Å²) < 4.78 is 0. The maximum absolute atomic E-state index is 6.56. The van der Waals surface area contributed by atoms with E-state index in [0.717, 1.165) is 46.2 Å². The Kier molecular flexibility index (Phi) is 7.35. The van der Waals surface area contributed by atoms with Crippen molar-refractivity contribution in [1.29, 1.82) is 0 Å². The Morgan fingerprint density at radius 3 is 0.775 bits per heavy atom. The molecule has 0 bridgehead atoms. The van der Waals surface area contributed by atoms with Crippen LogP contribution in [0, 0.1) is 5.41 Å². The molecular weight excluding hydrogens is 621 g/mol. The minimum Gasteiger partial charge on any atom is -0.122 e. The Hall–Kier alpha value is -0.600. The number of hydrogen-bond donors (Lipinski definition) is 0. The average molecular weight is 655 g/mol. The van der Waals surface area contributed by atoms with Crippen LogP contribution in [-0.4, -0.2) is 0 Å². The second-order valence-electron chi connectivity index (χ2n) is 12.3. The van der Waals surface area contributed by atoms with Gasteiger partial charge in [-0.2, -0.15) is 0 Å². The van der Waals surface area contributed by atoms with Crippen molar-refractivity contribution in [3.8, 4) is 0 Å². The van der Waals surface area contributed by atoms with Crippen LogP contribution in [0.25, 0.3) is 0 Å². The molecule has 0 unspecified atom stereocenters. The van der Waals surface area contributed by atoms with E-state index in [-0.39, 0.29) is 21.7 Å². The first-order chi connectivity index (χ1) is 19.1. The summed E-state index contributed by atoms with van der Waals surface area (Å²) in [4.78, 5) is 0. The van der Waals surface area contributed by atoms with E-state index in [9.17, 15) is 0 Å². The molecule has 0 nitrogen and oxygen atoms in total. The molecule has 3 aliphatic carbocycles. The number of rotatable bonds is 8. The van der Waals surface area contributed by atoms with Crippen molar-refractivity contribution in [2.24, 2.45) is 5.41 Å². The van der Waals surface area contributed by atoms with Gasteiger partial charge in [0.2, 0.25) is 0 Å². The normalized spacial score (nSPS) is 28.9. The van der Waals surface area contributed by atoms with Gasteiger partial charge in [0.15, 0.2) is 0 Å². The Morgan fingerprint density at radius 1 is 0.425 bits per heavy atom. The molecule has 0 spiro atoms. The molecule has 3 aliphatic rings. The van der Waals surface area contributed by atoms with Crippen molar-refractivity contribution in [2.45, 2.75) is 92.1 Å². The first kappa shape index (κ1) is 29.5. The minimum absolute atomic E-state index is 0.188. The van der Waals surface area contributed by atoms with E-state index in [1.54, 1.807) is 0 Å². The van der Waals surface area contributed by atoms with Crippen LogP contribution in [-0.2, 0) is 51.5 Å². The molecule has 6 heteroatoms. The lowest BCUT2D eigenvalue weighted by atomic mass is 9.49. The first-order valence-corrected chi connectivity index (χ1v) is 17.2. The fourth-order valence-corrected chi connectivity index (χ4v) is 11.2. The van der Waals surface area contributed by atoms with Gasteiger partial charge in [0.25, 0.3) is 0 Å². The number of halogens is 6. The van der Waals surface area contributed by atoms with Gasteiger partial charge >= 0.3 is 0 Å². The van der Waals surface area contributed by atoms with Crippen molar-refractivity contribution >= 4 is 69.6 Å². The second kappa shape index (κ2) is 9.97. The van der Waals surface area contributed by atoms with Crippen LogP contribution in [0.5, 0.6) is 0 Å². The van der Waals surface area contributed by atoms with Gasteiger partial charge in [-0.3, -0.25) is 0 Å². The Labute approximate surface area is 268 Å². The topological polar surface area (TPSA) is 0 Å². The number of alkyl halides is 6. The predicted molar refractivity (Wildman–Crippen MR) is 173 cm³/mol. The smallest absolute Gasteiger partial charge is 0.0477 e. The van der Waals surface area contributed by atoms with E-state index >= 15 is 0 Å². The van der Waals surface area contributed by atoms with Crippen LogP contribution in [0.2, 0.25) is 0 Å². The quantitative estimate of drug-likeness (QED) is 0.212. The van der Waals surface area contributed by atoms with Crippen LogP contribution < -0.4 is 0 Å². The Morgan fingerprint density at radius 2 is 0.625 bits per heavy atom. The third-order valence-corrected chi connectivity index (χ3v) is 13.0. The second-order valence-corrected chi connectivity index (χ2v) is 13.9. The van der Waals surface area contributed by atoms with E-state index < -0.39 is 0 Å². The van der Waals surface area contributed by atoms with Crippen molar-refractivity contribution in [1.82, 2.24) is 0 Å². The molecule has 0 aromatic heterocycles. The fourth-order valence-electron chi connectivity index (χ4n) is 9.74. The molecule has 6 rings (SSSR count). The first-order valence-electron chi connectivity index (χ1n) is 14.0. The number of benzene rings is 3. The summed E-state index contributed by atoms with van der Waals surface area (Å²) in [5, 5.41) is 0. The van der Waals surface area contributed by atoms with Crippen LogP contribution in [0.4, 0.5) is 0 Å². The fraction of sp³-hybridized carbons (Fsp3) is 0.471. The highest BCUT2D eigenvalue weighted by Gasteiger charge is 2.81. The molecule has 0 aliphatic heterocycles. The zero-order valence-electron chi connectivity index (χ0n) is 23.4. The SMILES string of the molecule is CCCC12C3(C)c4cc(CCl)c(CCl)cc4C1(C)c1cc(CCl)c(CCl)cc1C2(C)c1cc(CCl)c(CCl)cc13. The van der Waals surface area contributed by atoms with Gasteiger partial charge in [-0.25, -0.2) is 0 Å². The molecule has 0 amide bonds. The molecular formula is C34H34Cl6. The third kappa shape index (κ3) is 3.10. The van der Waals surface area contributed by atoms with E-state index in [1.807, 2.05) is 0 Å². The largest absolute Gasteiger partial charge is 0.122 e. The van der Waals surface area contributed by atoms with Gasteiger partial charge in [0.05, 0.1) is 0 Å². The van der Waals surface area contributed by atoms with Crippen molar-refractivity contribution in [3.63, 3.8) is 0 Å². The molecule has 0 atom stereocenters. The third-order valence-electron chi connectivity index (χ3n) is 11.3. The number of fused-ring (bicyclic) bond motifs is 9. The van der Waals surface area contributed by atoms with Crippen molar-refractivity contribution < 1.29 is 0 Å². The molecule has 40 heavy (non-hydrogen) atoms. The summed E-state index contributed by atoms with van der Waals surface area (Å²) in [7, 11) is 0. The number of hydrogen-bond acceptors (Lipinski definition) is 0. The van der Waals surface area contributed by atoms with E-state index in [0.29, 0.717) is 35.3 Å². The lowest BCUT2D eigenvalue weighted by molar-refractivity contribution is 0.0617. The van der Waals surface area contributed by atoms with Gasteiger partial charge in [0, 0.05) is 56.9 Å². The van der Waals surface area contributed by atoms with E-state index in [4.69, 9.17) is 69.6 Å². The zero-order chi connectivity index (χ0) is 28.8. The molecule has 3 aromatic rings. The highest BCUT2D eigenvalue weighted by molar-refractivity contribution is 6.20. The molecule has 0 saturated carbocycles. The molecule has 0 fully saturated rings. The summed E-state index contributed by atoms with van der Waals surface area (Å²) in [6.07, 6.45) is 2.09. The molecule has 0 radical (unpaired) electrons. The molecule has 3 aromatic carbocycles. The minimum atomic E-state index is -0.296. The van der Waals surface area contributed by atoms with Gasteiger partial charge in [-0.05, 0) is 73.2 Å². The Balaban J connectivity index is 1.88. The van der Waals surface area contributed by atoms with Crippen LogP contribution in [0.1, 0.15) is 107 Å². The van der Waals surface area contributed by atoms with Gasteiger partial charge in [-0.1, -0.05) is 70.5 Å². The highest BCUT2D eigenvalue weighted by Crippen LogP contribution is 2.84. The maximum atomic E-state index is 6.56. The lowest BCUT2D eigenvalue weighted by Crippen LogP contribution is -2.53. The Bertz CT molecular complexity index is 1270.